The van der Waals surface area contributed by atoms with Crippen LogP contribution in [0.4, 0.5) is 0 Å². The van der Waals surface area contributed by atoms with Gasteiger partial charge in [-0.15, -0.1) is 0 Å². The van der Waals surface area contributed by atoms with Crippen LogP contribution in [0.3, 0.4) is 0 Å². The Morgan fingerprint density at radius 3 is 2.67 bits per heavy atom. The summed E-state index contributed by atoms with van der Waals surface area (Å²) in [4.78, 5) is 2.29. The van der Waals surface area contributed by atoms with E-state index in [0.717, 1.165) is 18.7 Å². The van der Waals surface area contributed by atoms with Crippen molar-refractivity contribution in [1.29, 1.82) is 0 Å². The van der Waals surface area contributed by atoms with Gasteiger partial charge in [0, 0.05) is 10.6 Å². The molecule has 2 aliphatic heterocycles. The third-order valence-corrected chi connectivity index (χ3v) is 4.15. The zero-order valence-corrected chi connectivity index (χ0v) is 11.4. The first-order chi connectivity index (χ1) is 8.66. The summed E-state index contributed by atoms with van der Waals surface area (Å²) in [5.74, 6) is 0.670. The van der Waals surface area contributed by atoms with Gasteiger partial charge in [-0.1, -0.05) is 23.2 Å². The number of ether oxygens (including phenoxy) is 1. The van der Waals surface area contributed by atoms with Gasteiger partial charge in [0.15, 0.2) is 0 Å². The van der Waals surface area contributed by atoms with E-state index in [2.05, 4.69) is 4.90 Å². The number of halogens is 2. The summed E-state index contributed by atoms with van der Waals surface area (Å²) in [6.07, 6.45) is 1.83. The molecule has 2 heterocycles. The molecule has 1 aromatic rings. The van der Waals surface area contributed by atoms with Gasteiger partial charge in [-0.3, -0.25) is 4.90 Å². The lowest BCUT2D eigenvalue weighted by Gasteiger charge is -2.37. The van der Waals surface area contributed by atoms with E-state index in [1.807, 2.05) is 6.07 Å². The van der Waals surface area contributed by atoms with E-state index in [1.165, 1.54) is 12.8 Å². The number of fused-ring (bicyclic) bond motifs is 1. The van der Waals surface area contributed by atoms with Gasteiger partial charge in [-0.25, -0.2) is 0 Å². The van der Waals surface area contributed by atoms with Crippen molar-refractivity contribution < 1.29 is 9.84 Å². The molecule has 2 unspecified atom stereocenters. The molecule has 3 rings (SSSR count). The van der Waals surface area contributed by atoms with Crippen LogP contribution in [0.1, 0.15) is 24.4 Å². The number of hydrogen-bond donors (Lipinski definition) is 1. The summed E-state index contributed by atoms with van der Waals surface area (Å²) in [5, 5.41) is 11.3. The predicted molar refractivity (Wildman–Crippen MR) is 71.5 cm³/mol. The molecule has 0 radical (unpaired) electrons. The Labute approximate surface area is 116 Å². The monoisotopic (exact) mass is 287 g/mol. The fourth-order valence-electron chi connectivity index (χ4n) is 2.88. The molecule has 1 aromatic carbocycles. The molecule has 1 saturated heterocycles. The minimum atomic E-state index is -0.523. The van der Waals surface area contributed by atoms with Crippen molar-refractivity contribution >= 4 is 23.2 Å². The number of nitrogens with zero attached hydrogens (tertiary/aromatic N) is 1. The molecule has 1 N–H and O–H groups in total. The molecule has 5 heteroatoms. The molecule has 0 aromatic heterocycles. The van der Waals surface area contributed by atoms with Crippen LogP contribution >= 0.6 is 23.2 Å². The Hall–Kier alpha value is -0.480. The highest BCUT2D eigenvalue weighted by molar-refractivity contribution is 6.35. The van der Waals surface area contributed by atoms with E-state index >= 15 is 0 Å². The fourth-order valence-corrected chi connectivity index (χ4v) is 3.44. The molecule has 0 spiro atoms. The van der Waals surface area contributed by atoms with Crippen molar-refractivity contribution in [2.75, 3.05) is 19.7 Å². The molecule has 0 saturated carbocycles. The highest BCUT2D eigenvalue weighted by Crippen LogP contribution is 2.43. The molecule has 0 amide bonds. The standard InChI is InChI=1S/C13H15Cl2NO2/c14-8-5-9-12(16-3-1-2-4-16)11(17)7-18-13(9)10(15)6-8/h5-6,11-12,17H,1-4,7H2. The molecule has 2 aliphatic rings. The zero-order chi connectivity index (χ0) is 12.7. The topological polar surface area (TPSA) is 32.7 Å². The largest absolute Gasteiger partial charge is 0.489 e. The Bertz CT molecular complexity index is 461. The zero-order valence-electron chi connectivity index (χ0n) is 9.90. The van der Waals surface area contributed by atoms with E-state index in [9.17, 15) is 5.11 Å². The number of hydrogen-bond acceptors (Lipinski definition) is 3. The molecule has 2 atom stereocenters. The van der Waals surface area contributed by atoms with Gasteiger partial charge < -0.3 is 9.84 Å². The quantitative estimate of drug-likeness (QED) is 0.862. The summed E-state index contributed by atoms with van der Waals surface area (Å²) >= 11 is 12.2. The lowest BCUT2D eigenvalue weighted by molar-refractivity contribution is 0.00883. The summed E-state index contributed by atoms with van der Waals surface area (Å²) in [6, 6.07) is 3.49. The van der Waals surface area contributed by atoms with Crippen LogP contribution in [0.25, 0.3) is 0 Å². The van der Waals surface area contributed by atoms with Gasteiger partial charge >= 0.3 is 0 Å². The van der Waals surface area contributed by atoms with E-state index < -0.39 is 6.10 Å². The van der Waals surface area contributed by atoms with Crippen molar-refractivity contribution in [1.82, 2.24) is 4.90 Å². The third kappa shape index (κ3) is 2.10. The number of rotatable bonds is 1. The van der Waals surface area contributed by atoms with Gasteiger partial charge in [-0.05, 0) is 38.1 Å². The number of aliphatic hydroxyl groups is 1. The molecular weight excluding hydrogens is 273 g/mol. The second-order valence-electron chi connectivity index (χ2n) is 4.87. The molecule has 98 valence electrons. The summed E-state index contributed by atoms with van der Waals surface area (Å²) < 4.78 is 5.54. The highest BCUT2D eigenvalue weighted by atomic mass is 35.5. The second-order valence-corrected chi connectivity index (χ2v) is 5.72. The average molecular weight is 288 g/mol. The average Bonchev–Trinajstić information content (AvgIpc) is 2.81. The Morgan fingerprint density at radius 1 is 1.22 bits per heavy atom. The SMILES string of the molecule is OC1COc2c(Cl)cc(Cl)cc2C1N1CCCC1. The molecule has 18 heavy (non-hydrogen) atoms. The van der Waals surface area contributed by atoms with Gasteiger partial charge in [-0.2, -0.15) is 0 Å². The van der Waals surface area contributed by atoms with Gasteiger partial charge in [0.2, 0.25) is 0 Å². The van der Waals surface area contributed by atoms with Crippen LogP contribution in [-0.4, -0.2) is 35.8 Å². The van der Waals surface area contributed by atoms with Crippen LogP contribution in [0.2, 0.25) is 10.0 Å². The number of benzene rings is 1. The van der Waals surface area contributed by atoms with Crippen LogP contribution < -0.4 is 4.74 Å². The van der Waals surface area contributed by atoms with Gasteiger partial charge in [0.1, 0.15) is 18.5 Å². The van der Waals surface area contributed by atoms with Gasteiger partial charge in [0.25, 0.3) is 0 Å². The van der Waals surface area contributed by atoms with Crippen molar-refractivity contribution in [2.24, 2.45) is 0 Å². The maximum atomic E-state index is 10.2. The normalized spacial score (nSPS) is 27.9. The van der Waals surface area contributed by atoms with E-state index in [4.69, 9.17) is 27.9 Å². The number of likely N-dealkylation sites (tertiary alicyclic amines) is 1. The first-order valence-corrected chi connectivity index (χ1v) is 6.96. The Kier molecular flexibility index (Phi) is 3.41. The molecule has 0 bridgehead atoms. The summed E-state index contributed by atoms with van der Waals surface area (Å²) in [5.41, 5.74) is 0.910. The first-order valence-electron chi connectivity index (χ1n) is 6.20. The lowest BCUT2D eigenvalue weighted by atomic mass is 9.97. The first kappa shape index (κ1) is 12.5. The Balaban J connectivity index is 2.04. The molecular formula is C13H15Cl2NO2. The maximum Gasteiger partial charge on any atom is 0.143 e. The Morgan fingerprint density at radius 2 is 1.94 bits per heavy atom. The van der Waals surface area contributed by atoms with Crippen molar-refractivity contribution in [3.63, 3.8) is 0 Å². The van der Waals surface area contributed by atoms with Crippen molar-refractivity contribution in [3.05, 3.63) is 27.7 Å². The van der Waals surface area contributed by atoms with Crippen LogP contribution in [0.15, 0.2) is 12.1 Å². The predicted octanol–water partition coefficient (Wildman–Crippen LogP) is 2.88. The highest BCUT2D eigenvalue weighted by Gasteiger charge is 2.36. The maximum absolute atomic E-state index is 10.2. The van der Waals surface area contributed by atoms with Crippen LogP contribution in [0.5, 0.6) is 5.75 Å². The fraction of sp³-hybridized carbons (Fsp3) is 0.538. The summed E-state index contributed by atoms with van der Waals surface area (Å²) in [7, 11) is 0. The number of aliphatic hydroxyl groups excluding tert-OH is 1. The van der Waals surface area contributed by atoms with E-state index in [-0.39, 0.29) is 12.6 Å². The van der Waals surface area contributed by atoms with Crippen molar-refractivity contribution in [3.8, 4) is 5.75 Å². The third-order valence-electron chi connectivity index (χ3n) is 3.65. The summed E-state index contributed by atoms with van der Waals surface area (Å²) in [6.45, 7) is 2.30. The van der Waals surface area contributed by atoms with Crippen LogP contribution in [0, 0.1) is 0 Å². The smallest absolute Gasteiger partial charge is 0.143 e. The molecule has 3 nitrogen and oxygen atoms in total. The molecule has 0 aliphatic carbocycles. The van der Waals surface area contributed by atoms with E-state index in [0.29, 0.717) is 15.8 Å². The minimum absolute atomic E-state index is 0.0487. The minimum Gasteiger partial charge on any atom is -0.489 e. The second kappa shape index (κ2) is 4.89. The van der Waals surface area contributed by atoms with E-state index in [1.54, 1.807) is 6.07 Å². The molecule has 1 fully saturated rings. The van der Waals surface area contributed by atoms with Gasteiger partial charge in [0.05, 0.1) is 11.1 Å². The van der Waals surface area contributed by atoms with Crippen LogP contribution in [-0.2, 0) is 0 Å². The van der Waals surface area contributed by atoms with Crippen molar-refractivity contribution in [2.45, 2.75) is 25.0 Å². The lowest BCUT2D eigenvalue weighted by Crippen LogP contribution is -2.41.